The first-order chi connectivity index (χ1) is 12.6. The van der Waals surface area contributed by atoms with E-state index in [-0.39, 0.29) is 0 Å². The molecule has 0 aliphatic heterocycles. The molecule has 0 bridgehead atoms. The molecule has 132 valence electrons. The average molecular weight is 467 g/mol. The number of hydrazone groups is 1. The van der Waals surface area contributed by atoms with E-state index in [1.165, 1.54) is 11.8 Å². The lowest BCUT2D eigenvalue weighted by Gasteiger charge is -2.05. The van der Waals surface area contributed by atoms with Gasteiger partial charge in [-0.1, -0.05) is 41.6 Å². The minimum absolute atomic E-state index is 0.397. The van der Waals surface area contributed by atoms with Gasteiger partial charge in [0.1, 0.15) is 5.76 Å². The van der Waals surface area contributed by atoms with E-state index in [4.69, 9.17) is 28.2 Å². The predicted octanol–water partition coefficient (Wildman–Crippen LogP) is 6.17. The molecule has 1 heterocycles. The Morgan fingerprint density at radius 2 is 1.88 bits per heavy atom. The number of rotatable bonds is 5. The normalized spacial score (nSPS) is 10.8. The third kappa shape index (κ3) is 5.60. The van der Waals surface area contributed by atoms with Gasteiger partial charge in [-0.05, 0) is 64.5 Å². The maximum atomic E-state index is 5.90. The Kier molecular flexibility index (Phi) is 6.73. The van der Waals surface area contributed by atoms with E-state index >= 15 is 0 Å². The summed E-state index contributed by atoms with van der Waals surface area (Å²) in [4.78, 5) is 1.03. The standard InChI is InChI=1S/C18H13BrClN3OS2/c19-16-10-14(24-17(16)26-15-8-6-12(20)7-9-15)11-21-23-18(25)22-13-4-2-1-3-5-13/h1-11H,(H2,22,23,25)/b21-11+. The molecular weight excluding hydrogens is 454 g/mol. The van der Waals surface area contributed by atoms with Crippen LogP contribution in [0.3, 0.4) is 0 Å². The second kappa shape index (κ2) is 9.23. The Bertz CT molecular complexity index is 914. The molecular formula is C18H13BrClN3OS2. The summed E-state index contributed by atoms with van der Waals surface area (Å²) in [5.41, 5.74) is 3.65. The highest BCUT2D eigenvalue weighted by molar-refractivity contribution is 9.10. The highest BCUT2D eigenvalue weighted by Crippen LogP contribution is 2.35. The molecule has 0 atom stereocenters. The average Bonchev–Trinajstić information content (AvgIpc) is 2.97. The van der Waals surface area contributed by atoms with Crippen LogP contribution in [0.15, 0.2) is 84.6 Å². The van der Waals surface area contributed by atoms with Gasteiger partial charge in [-0.25, -0.2) is 0 Å². The van der Waals surface area contributed by atoms with Crippen molar-refractivity contribution in [1.29, 1.82) is 0 Å². The van der Waals surface area contributed by atoms with Crippen LogP contribution in [0.5, 0.6) is 0 Å². The molecule has 3 rings (SSSR count). The highest BCUT2D eigenvalue weighted by atomic mass is 79.9. The van der Waals surface area contributed by atoms with Crippen molar-refractivity contribution in [3.8, 4) is 0 Å². The van der Waals surface area contributed by atoms with E-state index in [9.17, 15) is 0 Å². The van der Waals surface area contributed by atoms with E-state index in [1.54, 1.807) is 6.21 Å². The molecule has 3 aromatic rings. The zero-order valence-electron chi connectivity index (χ0n) is 13.3. The van der Waals surface area contributed by atoms with E-state index in [0.717, 1.165) is 20.1 Å². The molecule has 0 unspecified atom stereocenters. The summed E-state index contributed by atoms with van der Waals surface area (Å²) in [6.07, 6.45) is 1.57. The number of halogens is 2. The van der Waals surface area contributed by atoms with Crippen molar-refractivity contribution >= 4 is 68.5 Å². The van der Waals surface area contributed by atoms with Gasteiger partial charge in [0, 0.05) is 21.7 Å². The second-order valence-corrected chi connectivity index (χ2v) is 7.78. The van der Waals surface area contributed by atoms with Gasteiger partial charge in [-0.3, -0.25) is 5.43 Å². The minimum atomic E-state index is 0.397. The summed E-state index contributed by atoms with van der Waals surface area (Å²) < 4.78 is 6.63. The van der Waals surface area contributed by atoms with Crippen molar-refractivity contribution in [3.05, 3.63) is 75.9 Å². The van der Waals surface area contributed by atoms with Gasteiger partial charge in [-0.15, -0.1) is 0 Å². The monoisotopic (exact) mass is 465 g/mol. The number of hydrogen-bond acceptors (Lipinski definition) is 4. The SMILES string of the molecule is S=C(N/N=C/c1cc(Br)c(Sc2ccc(Cl)cc2)o1)Nc1ccccc1. The summed E-state index contributed by atoms with van der Waals surface area (Å²) in [6.45, 7) is 0. The molecule has 0 saturated heterocycles. The van der Waals surface area contributed by atoms with Crippen LogP contribution in [0.2, 0.25) is 5.02 Å². The predicted molar refractivity (Wildman–Crippen MR) is 115 cm³/mol. The van der Waals surface area contributed by atoms with E-state index < -0.39 is 0 Å². The van der Waals surface area contributed by atoms with Crippen LogP contribution in [0.4, 0.5) is 5.69 Å². The van der Waals surface area contributed by atoms with Gasteiger partial charge in [0.2, 0.25) is 0 Å². The van der Waals surface area contributed by atoms with Crippen LogP contribution in [-0.4, -0.2) is 11.3 Å². The van der Waals surface area contributed by atoms with Crippen LogP contribution in [-0.2, 0) is 0 Å². The zero-order chi connectivity index (χ0) is 18.4. The number of anilines is 1. The number of hydrogen-bond donors (Lipinski definition) is 2. The Morgan fingerprint density at radius 1 is 1.15 bits per heavy atom. The van der Waals surface area contributed by atoms with E-state index in [1.807, 2.05) is 60.7 Å². The molecule has 0 aliphatic carbocycles. The van der Waals surface area contributed by atoms with Crippen LogP contribution >= 0.6 is 51.5 Å². The fraction of sp³-hybridized carbons (Fsp3) is 0. The quantitative estimate of drug-likeness (QED) is 0.268. The number of nitrogens with zero attached hydrogens (tertiary/aromatic N) is 1. The number of furan rings is 1. The molecule has 2 aromatic carbocycles. The lowest BCUT2D eigenvalue weighted by molar-refractivity contribution is 0.466. The largest absolute Gasteiger partial charge is 0.447 e. The third-order valence-corrected chi connectivity index (χ3v) is 5.38. The minimum Gasteiger partial charge on any atom is -0.447 e. The lowest BCUT2D eigenvalue weighted by atomic mass is 10.3. The first-order valence-corrected chi connectivity index (χ1v) is 9.87. The van der Waals surface area contributed by atoms with Crippen molar-refractivity contribution in [2.24, 2.45) is 5.10 Å². The molecule has 0 saturated carbocycles. The van der Waals surface area contributed by atoms with Crippen molar-refractivity contribution in [1.82, 2.24) is 5.43 Å². The van der Waals surface area contributed by atoms with Gasteiger partial charge >= 0.3 is 0 Å². The number of nitrogens with one attached hydrogen (secondary N) is 2. The Hall–Kier alpha value is -1.80. The van der Waals surface area contributed by atoms with Gasteiger partial charge in [0.05, 0.1) is 10.7 Å². The molecule has 2 N–H and O–H groups in total. The summed E-state index contributed by atoms with van der Waals surface area (Å²) in [5.74, 6) is 0.600. The smallest absolute Gasteiger partial charge is 0.191 e. The molecule has 26 heavy (non-hydrogen) atoms. The van der Waals surface area contributed by atoms with Gasteiger partial charge in [-0.2, -0.15) is 5.10 Å². The van der Waals surface area contributed by atoms with Crippen molar-refractivity contribution in [2.75, 3.05) is 5.32 Å². The summed E-state index contributed by atoms with van der Waals surface area (Å²) in [7, 11) is 0. The first-order valence-electron chi connectivity index (χ1n) is 7.48. The Morgan fingerprint density at radius 3 is 2.62 bits per heavy atom. The van der Waals surface area contributed by atoms with Gasteiger partial charge in [0.15, 0.2) is 10.2 Å². The van der Waals surface area contributed by atoms with Crippen LogP contribution < -0.4 is 10.7 Å². The van der Waals surface area contributed by atoms with Gasteiger partial charge in [0.25, 0.3) is 0 Å². The van der Waals surface area contributed by atoms with Gasteiger partial charge < -0.3 is 9.73 Å². The molecule has 0 amide bonds. The maximum absolute atomic E-state index is 5.90. The fourth-order valence-electron chi connectivity index (χ4n) is 1.95. The highest BCUT2D eigenvalue weighted by Gasteiger charge is 2.09. The molecule has 4 nitrogen and oxygen atoms in total. The number of para-hydroxylation sites is 1. The van der Waals surface area contributed by atoms with Crippen LogP contribution in [0.25, 0.3) is 0 Å². The summed E-state index contributed by atoms with van der Waals surface area (Å²) in [5, 5.41) is 8.96. The first kappa shape index (κ1) is 19.0. The molecule has 0 fully saturated rings. The van der Waals surface area contributed by atoms with Crippen LogP contribution in [0, 0.1) is 0 Å². The summed E-state index contributed by atoms with van der Waals surface area (Å²) >= 11 is 16.1. The topological polar surface area (TPSA) is 49.6 Å². The molecule has 0 aliphatic rings. The maximum Gasteiger partial charge on any atom is 0.191 e. The zero-order valence-corrected chi connectivity index (χ0v) is 17.3. The van der Waals surface area contributed by atoms with Crippen LogP contribution in [0.1, 0.15) is 5.76 Å². The molecule has 0 spiro atoms. The number of thiocarbonyl (C=S) groups is 1. The third-order valence-electron chi connectivity index (χ3n) is 3.09. The van der Waals surface area contributed by atoms with E-state index in [0.29, 0.717) is 15.9 Å². The fourth-order valence-corrected chi connectivity index (χ4v) is 3.57. The van der Waals surface area contributed by atoms with Crippen molar-refractivity contribution < 1.29 is 4.42 Å². The number of benzene rings is 2. The van der Waals surface area contributed by atoms with Crippen molar-refractivity contribution in [3.63, 3.8) is 0 Å². The second-order valence-electron chi connectivity index (χ2n) is 5.03. The summed E-state index contributed by atoms with van der Waals surface area (Å²) in [6, 6.07) is 19.0. The van der Waals surface area contributed by atoms with Crippen molar-refractivity contribution in [2.45, 2.75) is 9.99 Å². The Balaban J connectivity index is 1.57. The lowest BCUT2D eigenvalue weighted by Crippen LogP contribution is -2.23. The molecule has 0 radical (unpaired) electrons. The molecule has 8 heteroatoms. The Labute approximate surface area is 174 Å². The molecule has 1 aromatic heterocycles. The van der Waals surface area contributed by atoms with E-state index in [2.05, 4.69) is 31.8 Å².